The fraction of sp³-hybridized carbons (Fsp3) is 0.733. The van der Waals surface area contributed by atoms with Gasteiger partial charge >= 0.3 is 43.7 Å². The van der Waals surface area contributed by atoms with E-state index in [0.29, 0.717) is 13.1 Å². The summed E-state index contributed by atoms with van der Waals surface area (Å²) in [5.74, 6) is -2.59. The Morgan fingerprint density at radius 2 is 1.35 bits per heavy atom. The number of carboxylic acid groups (broad SMARTS) is 2. The van der Waals surface area contributed by atoms with Crippen LogP contribution in [0.25, 0.3) is 0 Å². The number of aliphatic hydroxyl groups excluding tert-OH is 2. The van der Waals surface area contributed by atoms with Gasteiger partial charge in [-0.05, 0) is 57.9 Å². The summed E-state index contributed by atoms with van der Waals surface area (Å²) in [7, 11) is 0. The molecule has 0 fully saturated rings. The average molecular weight is 639 g/mol. The van der Waals surface area contributed by atoms with Crippen LogP contribution in [-0.2, 0) is 14.4 Å². The minimum atomic E-state index is -1.16. The van der Waals surface area contributed by atoms with Crippen LogP contribution in [0.2, 0.25) is 0 Å². The van der Waals surface area contributed by atoms with Crippen molar-refractivity contribution in [2.45, 2.75) is 104 Å². The number of allylic oxidation sites excluding steroid dienone is 2. The molecule has 244 valence electrons. The Hall–Kier alpha value is -1.54. The molecule has 0 radical (unpaired) electrons. The van der Waals surface area contributed by atoms with Crippen molar-refractivity contribution in [1.82, 2.24) is 15.1 Å². The molecule has 0 heterocycles. The molecule has 0 aromatic heterocycles. The minimum absolute atomic E-state index is 0. The third-order valence-electron chi connectivity index (χ3n) is 5.70. The van der Waals surface area contributed by atoms with E-state index in [4.69, 9.17) is 5.11 Å². The van der Waals surface area contributed by atoms with Crippen molar-refractivity contribution in [3.05, 3.63) is 24.3 Å². The number of hydrogen-bond acceptors (Lipinski definition) is 10. The van der Waals surface area contributed by atoms with Gasteiger partial charge in [-0.15, -0.1) is 0 Å². The molecule has 2 unspecified atom stereocenters. The van der Waals surface area contributed by atoms with Crippen molar-refractivity contribution in [2.75, 3.05) is 39.5 Å². The van der Waals surface area contributed by atoms with Gasteiger partial charge in [-0.3, -0.25) is 24.4 Å². The number of nitrogens with one attached hydrogen (secondary N) is 1. The van der Waals surface area contributed by atoms with Crippen molar-refractivity contribution >= 4 is 61.5 Å². The molecule has 0 saturated heterocycles. The maximum absolute atomic E-state index is 11.6. The molecule has 1 amide bonds. The molecule has 0 saturated carbocycles. The SMILES string of the molecule is CCCCC/C=C/C(=O)NCN(CCC(=O)O)CC(C)O.CCCCC/C=C/C([O-])=NCN(CCC(=O)[O-])CC(C)O.[Ca+2]. The molecule has 0 aliphatic carbocycles. The second-order valence-corrected chi connectivity index (χ2v) is 10.3. The Morgan fingerprint density at radius 3 is 1.84 bits per heavy atom. The third kappa shape index (κ3) is 36.6. The first-order chi connectivity index (χ1) is 19.9. The zero-order valence-electron chi connectivity index (χ0n) is 26.7. The molecule has 4 N–H and O–H groups in total. The predicted molar refractivity (Wildman–Crippen MR) is 166 cm³/mol. The fourth-order valence-corrected chi connectivity index (χ4v) is 3.58. The molecule has 13 heteroatoms. The molecule has 0 aliphatic rings. The van der Waals surface area contributed by atoms with Crippen molar-refractivity contribution in [3.63, 3.8) is 0 Å². The van der Waals surface area contributed by atoms with E-state index in [1.807, 2.05) is 12.2 Å². The maximum Gasteiger partial charge on any atom is 2.00 e. The smallest absolute Gasteiger partial charge is 0.859 e. The molecular formula is C30H54CaN4O8. The van der Waals surface area contributed by atoms with Crippen molar-refractivity contribution in [1.29, 1.82) is 0 Å². The monoisotopic (exact) mass is 638 g/mol. The molecule has 0 aromatic rings. The number of rotatable bonds is 24. The van der Waals surface area contributed by atoms with Crippen molar-refractivity contribution in [2.24, 2.45) is 4.99 Å². The normalized spacial score (nSPS) is 13.1. The molecule has 0 bridgehead atoms. The molecule has 2 atom stereocenters. The second kappa shape index (κ2) is 31.9. The standard InChI is InChI=1S/2C15H28N2O4.Ca/c2*1-3-4-5-6-7-8-14(19)16-12-17(11-13(2)18)10-9-15(20)21;/h2*7-8,13,18H,3-6,9-12H2,1-2H3,(H,16,19)(H,20,21);/q;;+2/p-2/b2*8-7+;. The van der Waals surface area contributed by atoms with Crippen LogP contribution in [0.15, 0.2) is 29.3 Å². The van der Waals surface area contributed by atoms with Crippen LogP contribution in [0.1, 0.15) is 91.9 Å². The first-order valence-electron chi connectivity index (χ1n) is 15.0. The van der Waals surface area contributed by atoms with Crippen LogP contribution in [0.3, 0.4) is 0 Å². The molecule has 0 aromatic carbocycles. The van der Waals surface area contributed by atoms with Crippen molar-refractivity contribution in [3.8, 4) is 0 Å². The van der Waals surface area contributed by atoms with Gasteiger partial charge in [0.05, 0.1) is 32.0 Å². The molecule has 0 aliphatic heterocycles. The number of carbonyl (C=O) groups excluding carboxylic acids is 2. The minimum Gasteiger partial charge on any atom is -0.859 e. The number of aliphatic imine (C=N–C) groups is 1. The van der Waals surface area contributed by atoms with Gasteiger partial charge in [-0.2, -0.15) is 0 Å². The number of carbonyl (C=O) groups is 3. The number of amides is 1. The number of carboxylic acids is 2. The zero-order chi connectivity index (χ0) is 32.2. The molecule has 12 nitrogen and oxygen atoms in total. The average Bonchev–Trinajstić information content (AvgIpc) is 2.91. The van der Waals surface area contributed by atoms with E-state index in [2.05, 4.69) is 24.2 Å². The second-order valence-electron chi connectivity index (χ2n) is 10.3. The van der Waals surface area contributed by atoms with E-state index in [9.17, 15) is 34.8 Å². The van der Waals surface area contributed by atoms with Crippen LogP contribution < -0.4 is 15.5 Å². The number of nitrogens with zero attached hydrogens (tertiary/aromatic N) is 3. The Labute approximate surface area is 287 Å². The predicted octanol–water partition coefficient (Wildman–Crippen LogP) is 0.635. The first-order valence-corrected chi connectivity index (χ1v) is 15.0. The summed E-state index contributed by atoms with van der Waals surface area (Å²) >= 11 is 0. The van der Waals surface area contributed by atoms with E-state index in [0.717, 1.165) is 51.4 Å². The Bertz CT molecular complexity index is 807. The summed E-state index contributed by atoms with van der Waals surface area (Å²) in [6.45, 7) is 8.87. The fourth-order valence-electron chi connectivity index (χ4n) is 3.58. The Balaban J connectivity index is -0.000000727. The molecule has 0 rings (SSSR count). The van der Waals surface area contributed by atoms with Gasteiger partial charge in [-0.1, -0.05) is 57.8 Å². The van der Waals surface area contributed by atoms with Gasteiger partial charge in [0.15, 0.2) is 0 Å². The van der Waals surface area contributed by atoms with E-state index in [1.54, 1.807) is 23.6 Å². The molecule has 0 spiro atoms. The molecular weight excluding hydrogens is 584 g/mol. The van der Waals surface area contributed by atoms with E-state index in [-0.39, 0.29) is 88.8 Å². The van der Waals surface area contributed by atoms with Crippen LogP contribution in [0, 0.1) is 0 Å². The molecule has 43 heavy (non-hydrogen) atoms. The zero-order valence-corrected chi connectivity index (χ0v) is 28.9. The van der Waals surface area contributed by atoms with Crippen LogP contribution in [0.5, 0.6) is 0 Å². The topological polar surface area (TPSA) is 189 Å². The van der Waals surface area contributed by atoms with Crippen molar-refractivity contribution < 1.29 is 39.9 Å². The summed E-state index contributed by atoms with van der Waals surface area (Å²) in [6, 6.07) is 0. The van der Waals surface area contributed by atoms with Gasteiger partial charge in [-0.25, -0.2) is 0 Å². The number of aliphatic hydroxyl groups is 2. The van der Waals surface area contributed by atoms with Gasteiger partial charge in [0.1, 0.15) is 0 Å². The summed E-state index contributed by atoms with van der Waals surface area (Å²) in [5, 5.41) is 52.0. The van der Waals surface area contributed by atoms with Gasteiger partial charge in [0.25, 0.3) is 0 Å². The van der Waals surface area contributed by atoms with Crippen LogP contribution in [-0.4, -0.2) is 138 Å². The van der Waals surface area contributed by atoms with E-state index >= 15 is 0 Å². The number of hydrogen-bond donors (Lipinski definition) is 4. The summed E-state index contributed by atoms with van der Waals surface area (Å²) < 4.78 is 0. The van der Waals surface area contributed by atoms with Gasteiger partial charge < -0.3 is 35.6 Å². The quantitative estimate of drug-likeness (QED) is 0.0292. The number of unbranched alkanes of at least 4 members (excludes halogenated alkanes) is 6. The van der Waals surface area contributed by atoms with E-state index < -0.39 is 24.1 Å². The Morgan fingerprint density at radius 1 is 0.837 bits per heavy atom. The summed E-state index contributed by atoms with van der Waals surface area (Å²) in [6.07, 6.45) is 13.7. The number of aliphatic carboxylic acids is 2. The largest absolute Gasteiger partial charge is 2.00 e. The summed E-state index contributed by atoms with van der Waals surface area (Å²) in [4.78, 5) is 39.8. The van der Waals surface area contributed by atoms with Crippen LogP contribution >= 0.6 is 0 Å². The van der Waals surface area contributed by atoms with Gasteiger partial charge in [0.2, 0.25) is 5.91 Å². The van der Waals surface area contributed by atoms with Crippen LogP contribution in [0.4, 0.5) is 0 Å². The van der Waals surface area contributed by atoms with Gasteiger partial charge in [0, 0.05) is 32.1 Å². The van der Waals surface area contributed by atoms with E-state index in [1.165, 1.54) is 12.2 Å². The first kappa shape index (κ1) is 45.9. The summed E-state index contributed by atoms with van der Waals surface area (Å²) in [5.41, 5.74) is 0. The third-order valence-corrected chi connectivity index (χ3v) is 5.70. The maximum atomic E-state index is 11.6. The Kier molecular flexibility index (Phi) is 34.0.